The van der Waals surface area contributed by atoms with Crippen molar-refractivity contribution in [1.29, 1.82) is 5.26 Å². The smallest absolute Gasteiger partial charge is 0.335 e. The topological polar surface area (TPSA) is 139 Å². The van der Waals surface area contributed by atoms with Crippen molar-refractivity contribution in [2.24, 2.45) is 0 Å². The first-order valence-corrected chi connectivity index (χ1v) is 10.6. The lowest BCUT2D eigenvalue weighted by atomic mass is 10.2. The molecule has 1 aliphatic heterocycles. The second-order valence-corrected chi connectivity index (χ2v) is 8.82. The lowest BCUT2D eigenvalue weighted by Gasteiger charge is -2.32. The summed E-state index contributed by atoms with van der Waals surface area (Å²) in [5.74, 6) is -3.31. The fourth-order valence-electron chi connectivity index (χ4n) is 3.27. The highest BCUT2D eigenvalue weighted by molar-refractivity contribution is 7.92. The average molecular weight is 453 g/mol. The van der Waals surface area contributed by atoms with Crippen LogP contribution < -0.4 is 4.90 Å². The molecule has 1 aliphatic rings. The monoisotopic (exact) mass is 453 g/mol. The Labute approximate surface area is 176 Å². The molecule has 0 spiro atoms. The SMILES string of the molecule is Cc1nc(C(C#N)S(=O)(=O)c2cccc(F)c2F)c([N+](=O)[O-])c(N2CCOC(C)C2)n1. The molecule has 0 N–H and O–H groups in total. The summed E-state index contributed by atoms with van der Waals surface area (Å²) in [6.45, 7) is 3.86. The number of nitro groups is 1. The third-order valence-corrected chi connectivity index (χ3v) is 6.50. The van der Waals surface area contributed by atoms with Gasteiger partial charge in [-0.1, -0.05) is 6.07 Å². The third-order valence-electron chi connectivity index (χ3n) is 4.63. The number of halogens is 2. The van der Waals surface area contributed by atoms with E-state index in [1.54, 1.807) is 6.92 Å². The van der Waals surface area contributed by atoms with Gasteiger partial charge < -0.3 is 9.64 Å². The summed E-state index contributed by atoms with van der Waals surface area (Å²) in [5.41, 5.74) is -1.50. The lowest BCUT2D eigenvalue weighted by molar-refractivity contribution is -0.385. The second-order valence-electron chi connectivity index (χ2n) is 6.82. The predicted molar refractivity (Wildman–Crippen MR) is 103 cm³/mol. The van der Waals surface area contributed by atoms with Crippen molar-refractivity contribution in [2.75, 3.05) is 24.6 Å². The molecule has 2 aromatic rings. The molecule has 31 heavy (non-hydrogen) atoms. The summed E-state index contributed by atoms with van der Waals surface area (Å²) in [6.07, 6.45) is -0.274. The van der Waals surface area contributed by atoms with Gasteiger partial charge >= 0.3 is 5.69 Å². The second kappa shape index (κ2) is 8.48. The van der Waals surface area contributed by atoms with Crippen LogP contribution in [0.5, 0.6) is 0 Å². The maximum atomic E-state index is 14.2. The average Bonchev–Trinajstić information content (AvgIpc) is 2.69. The Bertz CT molecular complexity index is 1180. The summed E-state index contributed by atoms with van der Waals surface area (Å²) >= 11 is 0. The number of nitriles is 1. The Morgan fingerprint density at radius 2 is 2.10 bits per heavy atom. The molecule has 1 fully saturated rings. The van der Waals surface area contributed by atoms with Crippen molar-refractivity contribution in [3.63, 3.8) is 0 Å². The summed E-state index contributed by atoms with van der Waals surface area (Å²) in [6, 6.07) is 3.90. The largest absolute Gasteiger partial charge is 0.375 e. The summed E-state index contributed by atoms with van der Waals surface area (Å²) < 4.78 is 59.3. The summed E-state index contributed by atoms with van der Waals surface area (Å²) in [5, 5.41) is 19.3. The molecule has 10 nitrogen and oxygen atoms in total. The van der Waals surface area contributed by atoms with E-state index in [-0.39, 0.29) is 37.4 Å². The molecule has 2 atom stereocenters. The van der Waals surface area contributed by atoms with Gasteiger partial charge in [-0.15, -0.1) is 0 Å². The maximum absolute atomic E-state index is 14.2. The van der Waals surface area contributed by atoms with Gasteiger partial charge in [0, 0.05) is 13.1 Å². The van der Waals surface area contributed by atoms with Crippen LogP contribution in [0, 0.1) is 40.0 Å². The first-order chi connectivity index (χ1) is 14.6. The van der Waals surface area contributed by atoms with Gasteiger partial charge in [-0.3, -0.25) is 10.1 Å². The van der Waals surface area contributed by atoms with E-state index in [9.17, 15) is 32.6 Å². The molecule has 0 saturated carbocycles. The van der Waals surface area contributed by atoms with Gasteiger partial charge in [-0.2, -0.15) is 5.26 Å². The van der Waals surface area contributed by atoms with Gasteiger partial charge in [0.15, 0.2) is 17.3 Å². The van der Waals surface area contributed by atoms with Crippen molar-refractivity contribution in [2.45, 2.75) is 30.1 Å². The number of anilines is 1. The highest BCUT2D eigenvalue weighted by Crippen LogP contribution is 2.39. The molecule has 2 unspecified atom stereocenters. The van der Waals surface area contributed by atoms with E-state index in [1.165, 1.54) is 17.9 Å². The molecule has 3 rings (SSSR count). The molecule has 1 aromatic carbocycles. The molecular formula is C18H17F2N5O5S. The zero-order chi connectivity index (χ0) is 22.9. The van der Waals surface area contributed by atoms with Crippen LogP contribution in [-0.2, 0) is 14.6 Å². The highest BCUT2D eigenvalue weighted by atomic mass is 32.2. The van der Waals surface area contributed by atoms with Crippen LogP contribution in [0.3, 0.4) is 0 Å². The molecule has 0 amide bonds. The quantitative estimate of drug-likeness (QED) is 0.492. The number of morpholine rings is 1. The number of aryl methyl sites for hydroxylation is 1. The van der Waals surface area contributed by atoms with E-state index in [0.717, 1.165) is 12.1 Å². The first kappa shape index (κ1) is 22.4. The summed E-state index contributed by atoms with van der Waals surface area (Å²) in [7, 11) is -4.90. The van der Waals surface area contributed by atoms with Crippen LogP contribution >= 0.6 is 0 Å². The number of nitrogens with zero attached hydrogens (tertiary/aromatic N) is 5. The first-order valence-electron chi connectivity index (χ1n) is 9.05. The normalized spacial score (nSPS) is 17.8. The van der Waals surface area contributed by atoms with Gasteiger partial charge in [0.2, 0.25) is 20.9 Å². The molecule has 0 aliphatic carbocycles. The maximum Gasteiger partial charge on any atom is 0.335 e. The van der Waals surface area contributed by atoms with E-state index in [2.05, 4.69) is 9.97 Å². The number of rotatable bonds is 5. The van der Waals surface area contributed by atoms with Gasteiger partial charge in [0.1, 0.15) is 10.7 Å². The van der Waals surface area contributed by atoms with Gasteiger partial charge in [-0.25, -0.2) is 27.2 Å². The van der Waals surface area contributed by atoms with Crippen molar-refractivity contribution < 1.29 is 26.9 Å². The Morgan fingerprint density at radius 3 is 2.71 bits per heavy atom. The minimum Gasteiger partial charge on any atom is -0.375 e. The van der Waals surface area contributed by atoms with Gasteiger partial charge in [0.25, 0.3) is 0 Å². The number of hydrogen-bond donors (Lipinski definition) is 0. The number of benzene rings is 1. The molecule has 0 bridgehead atoms. The van der Waals surface area contributed by atoms with Gasteiger partial charge in [-0.05, 0) is 26.0 Å². The Kier molecular flexibility index (Phi) is 6.14. The van der Waals surface area contributed by atoms with Crippen LogP contribution in [0.4, 0.5) is 20.3 Å². The molecular weight excluding hydrogens is 436 g/mol. The predicted octanol–water partition coefficient (Wildman–Crippen LogP) is 2.24. The van der Waals surface area contributed by atoms with Crippen LogP contribution in [0.2, 0.25) is 0 Å². The molecule has 0 radical (unpaired) electrons. The Balaban J connectivity index is 2.24. The van der Waals surface area contributed by atoms with E-state index >= 15 is 0 Å². The number of ether oxygens (including phenoxy) is 1. The number of sulfone groups is 1. The number of aromatic nitrogens is 2. The van der Waals surface area contributed by atoms with E-state index in [1.807, 2.05) is 0 Å². The highest BCUT2D eigenvalue weighted by Gasteiger charge is 2.41. The molecule has 13 heteroatoms. The fourth-order valence-corrected chi connectivity index (χ4v) is 4.74. The standard InChI is InChI=1S/C18H17F2N5O5S/c1-10-9-24(6-7-30-10)18-17(25(26)27)16(22-11(2)23-18)14(8-21)31(28,29)13-5-3-4-12(19)15(13)20/h3-5,10,14H,6-7,9H2,1-2H3. The zero-order valence-electron chi connectivity index (χ0n) is 16.4. The fraction of sp³-hybridized carbons (Fsp3) is 0.389. The molecule has 1 aromatic heterocycles. The van der Waals surface area contributed by atoms with Crippen LogP contribution in [0.25, 0.3) is 0 Å². The minimum absolute atomic E-state index is 0.0232. The van der Waals surface area contributed by atoms with E-state index < -0.39 is 47.9 Å². The lowest BCUT2D eigenvalue weighted by Crippen LogP contribution is -2.42. The minimum atomic E-state index is -4.90. The van der Waals surface area contributed by atoms with Crippen molar-refractivity contribution in [3.8, 4) is 6.07 Å². The zero-order valence-corrected chi connectivity index (χ0v) is 17.3. The van der Waals surface area contributed by atoms with Crippen molar-refractivity contribution in [1.82, 2.24) is 9.97 Å². The van der Waals surface area contributed by atoms with E-state index in [0.29, 0.717) is 6.07 Å². The number of hydrogen-bond acceptors (Lipinski definition) is 9. The van der Waals surface area contributed by atoms with Gasteiger partial charge in [0.05, 0.1) is 23.7 Å². The van der Waals surface area contributed by atoms with E-state index in [4.69, 9.17) is 4.74 Å². The molecule has 164 valence electrons. The summed E-state index contributed by atoms with van der Waals surface area (Å²) in [4.78, 5) is 19.4. The van der Waals surface area contributed by atoms with Crippen molar-refractivity contribution >= 4 is 21.3 Å². The van der Waals surface area contributed by atoms with Crippen LogP contribution in [0.1, 0.15) is 23.7 Å². The van der Waals surface area contributed by atoms with Crippen molar-refractivity contribution in [3.05, 3.63) is 51.5 Å². The Hall–Kier alpha value is -3.24. The molecule has 2 heterocycles. The van der Waals surface area contributed by atoms with Crippen LogP contribution in [0.15, 0.2) is 23.1 Å². The third kappa shape index (κ3) is 4.17. The molecule has 1 saturated heterocycles. The Morgan fingerprint density at radius 1 is 1.39 bits per heavy atom. The van der Waals surface area contributed by atoms with Crippen LogP contribution in [-0.4, -0.2) is 49.1 Å².